The Morgan fingerprint density at radius 2 is 1.94 bits per heavy atom. The number of primary amides is 1. The molecule has 1 aliphatic carbocycles. The number of carbonyl (C=O) groups excluding carboxylic acids is 1. The first-order valence-corrected chi connectivity index (χ1v) is 11.2. The second kappa shape index (κ2) is 10.3. The molecule has 0 saturated carbocycles. The third-order valence-electron chi connectivity index (χ3n) is 5.11. The molecule has 0 fully saturated rings. The first-order valence-electron chi connectivity index (χ1n) is 10.4. The first kappa shape index (κ1) is 22.6. The van der Waals surface area contributed by atoms with Crippen molar-refractivity contribution >= 4 is 17.2 Å². The maximum atomic E-state index is 9.51. The second-order valence-corrected chi connectivity index (χ2v) is 8.94. The monoisotopic (exact) mass is 433 g/mol. The van der Waals surface area contributed by atoms with Gasteiger partial charge >= 0.3 is 0 Å². The number of aryl methyl sites for hydroxylation is 1. The Morgan fingerprint density at radius 1 is 1.19 bits per heavy atom. The summed E-state index contributed by atoms with van der Waals surface area (Å²) < 4.78 is 0. The number of aromatic nitrogens is 2. The first-order chi connectivity index (χ1) is 14.9. The van der Waals surface area contributed by atoms with Crippen molar-refractivity contribution in [2.45, 2.75) is 39.5 Å². The lowest BCUT2D eigenvalue weighted by Gasteiger charge is -2.08. The Labute approximate surface area is 186 Å². The van der Waals surface area contributed by atoms with Crippen LogP contribution in [0.2, 0.25) is 0 Å². The van der Waals surface area contributed by atoms with Crippen molar-refractivity contribution in [2.24, 2.45) is 17.4 Å². The molecule has 2 aromatic carbocycles. The van der Waals surface area contributed by atoms with Gasteiger partial charge in [0, 0.05) is 11.1 Å². The molecule has 0 aliphatic heterocycles. The summed E-state index contributed by atoms with van der Waals surface area (Å²) in [4.78, 5) is 9.47. The van der Waals surface area contributed by atoms with E-state index in [1.54, 1.807) is 11.3 Å². The van der Waals surface area contributed by atoms with Gasteiger partial charge in [0.1, 0.15) is 10.0 Å². The number of rotatable bonds is 5. The summed E-state index contributed by atoms with van der Waals surface area (Å²) >= 11 is 1.61. The van der Waals surface area contributed by atoms with Crippen molar-refractivity contribution in [3.63, 3.8) is 0 Å². The molecule has 0 unspecified atom stereocenters. The van der Waals surface area contributed by atoms with E-state index in [2.05, 4.69) is 66.2 Å². The highest BCUT2D eigenvalue weighted by atomic mass is 32.1. The Morgan fingerprint density at radius 3 is 2.61 bits per heavy atom. The molecule has 4 N–H and O–H groups in total. The van der Waals surface area contributed by atoms with Gasteiger partial charge in [0.2, 0.25) is 5.91 Å². The third kappa shape index (κ3) is 5.54. The van der Waals surface area contributed by atoms with E-state index in [1.807, 2.05) is 6.07 Å². The number of hydrogen-bond donors (Lipinski definition) is 2. The Bertz CT molecular complexity index is 1110. The minimum absolute atomic E-state index is 0.0556. The highest BCUT2D eigenvalue weighted by Gasteiger charge is 2.18. The van der Waals surface area contributed by atoms with Crippen LogP contribution in [0.5, 0.6) is 0 Å². The van der Waals surface area contributed by atoms with Gasteiger partial charge in [-0.3, -0.25) is 4.79 Å². The van der Waals surface area contributed by atoms with E-state index in [-0.39, 0.29) is 6.54 Å². The molecule has 1 aliphatic rings. The number of hydrogen-bond acceptors (Lipinski definition) is 6. The van der Waals surface area contributed by atoms with Crippen LogP contribution in [0.4, 0.5) is 0 Å². The molecule has 0 bridgehead atoms. The normalized spacial score (nSPS) is 12.1. The van der Waals surface area contributed by atoms with E-state index >= 15 is 0 Å². The van der Waals surface area contributed by atoms with Gasteiger partial charge in [0.15, 0.2) is 0 Å². The second-order valence-electron chi connectivity index (χ2n) is 7.96. The fraction of sp³-hybridized carbons (Fsp3) is 0.333. The van der Waals surface area contributed by atoms with Gasteiger partial charge in [-0.15, -0.1) is 10.2 Å². The number of nitrogens with zero attached hydrogens (tertiary/aromatic N) is 3. The average Bonchev–Trinajstić information content (AvgIpc) is 3.43. The Hall–Kier alpha value is -3.08. The predicted octanol–water partition coefficient (Wildman–Crippen LogP) is 3.86. The van der Waals surface area contributed by atoms with Crippen LogP contribution in [-0.4, -0.2) is 22.6 Å². The van der Waals surface area contributed by atoms with Crippen LogP contribution in [0.25, 0.3) is 21.1 Å². The van der Waals surface area contributed by atoms with Crippen molar-refractivity contribution in [3.05, 3.63) is 58.7 Å². The van der Waals surface area contributed by atoms with E-state index in [4.69, 9.17) is 5.73 Å². The van der Waals surface area contributed by atoms with Gasteiger partial charge in [0.25, 0.3) is 0 Å². The number of nitrogens with two attached hydrogens (primary N) is 2. The standard InChI is InChI=1S/C22H21N3S.C2H6N2O/c1-14(2)11-16-9-10-17(12-18(16)13-23)21-24-25-22(26-21)20-8-4-6-15-5-3-7-19(15)20;3-1-2(4)5/h4,6,8-10,12,14H,3,5,7,11H2,1-2H3;1,3H2,(H2,4,5). The SMILES string of the molecule is CC(C)Cc1ccc(-c2nnc(-c3cccc4c3CCC4)s2)cc1C#N.NCC(N)=O. The van der Waals surface area contributed by atoms with Gasteiger partial charge in [-0.1, -0.05) is 55.5 Å². The number of nitriles is 1. The summed E-state index contributed by atoms with van der Waals surface area (Å²) in [6, 6.07) is 14.9. The lowest BCUT2D eigenvalue weighted by Crippen LogP contribution is -2.21. The molecule has 6 nitrogen and oxygen atoms in total. The quantitative estimate of drug-likeness (QED) is 0.633. The van der Waals surface area contributed by atoms with Gasteiger partial charge in [-0.05, 0) is 54.4 Å². The number of benzene rings is 2. The van der Waals surface area contributed by atoms with E-state index in [9.17, 15) is 10.1 Å². The molecule has 0 saturated heterocycles. The maximum Gasteiger partial charge on any atom is 0.231 e. The molecule has 1 heterocycles. The van der Waals surface area contributed by atoms with Gasteiger partial charge in [-0.2, -0.15) is 5.26 Å². The van der Waals surface area contributed by atoms with Crippen LogP contribution in [0, 0.1) is 17.2 Å². The molecule has 1 aromatic heterocycles. The minimum Gasteiger partial charge on any atom is -0.369 e. The summed E-state index contributed by atoms with van der Waals surface area (Å²) in [5.41, 5.74) is 16.2. The van der Waals surface area contributed by atoms with Crippen LogP contribution < -0.4 is 11.5 Å². The molecular formula is C24H27N5OS. The van der Waals surface area contributed by atoms with Crippen LogP contribution in [0.1, 0.15) is 42.5 Å². The molecule has 1 amide bonds. The summed E-state index contributed by atoms with van der Waals surface area (Å²) in [7, 11) is 0. The highest BCUT2D eigenvalue weighted by Crippen LogP contribution is 2.36. The molecule has 4 rings (SSSR count). The summed E-state index contributed by atoms with van der Waals surface area (Å²) in [5.74, 6) is 0.0613. The zero-order chi connectivity index (χ0) is 22.4. The van der Waals surface area contributed by atoms with Crippen LogP contribution in [0.3, 0.4) is 0 Å². The summed E-state index contributed by atoms with van der Waals surface area (Å²) in [6.45, 7) is 4.29. The summed E-state index contributed by atoms with van der Waals surface area (Å²) in [5, 5.41) is 20.2. The zero-order valence-electron chi connectivity index (χ0n) is 17.9. The van der Waals surface area contributed by atoms with Crippen molar-refractivity contribution in [1.82, 2.24) is 10.2 Å². The van der Waals surface area contributed by atoms with Crippen molar-refractivity contribution < 1.29 is 4.79 Å². The van der Waals surface area contributed by atoms with E-state index in [0.29, 0.717) is 5.92 Å². The fourth-order valence-electron chi connectivity index (χ4n) is 3.70. The lowest BCUT2D eigenvalue weighted by atomic mass is 9.97. The molecule has 31 heavy (non-hydrogen) atoms. The number of amides is 1. The maximum absolute atomic E-state index is 9.51. The molecule has 160 valence electrons. The van der Waals surface area contributed by atoms with Gasteiger partial charge in [0.05, 0.1) is 18.2 Å². The summed E-state index contributed by atoms with van der Waals surface area (Å²) in [6.07, 6.45) is 4.43. The number of carbonyl (C=O) groups is 1. The molecular weight excluding hydrogens is 406 g/mol. The van der Waals surface area contributed by atoms with E-state index < -0.39 is 5.91 Å². The lowest BCUT2D eigenvalue weighted by molar-refractivity contribution is -0.116. The fourth-order valence-corrected chi connectivity index (χ4v) is 4.59. The molecule has 0 spiro atoms. The van der Waals surface area contributed by atoms with Crippen LogP contribution >= 0.6 is 11.3 Å². The number of fused-ring (bicyclic) bond motifs is 1. The minimum atomic E-state index is -0.468. The van der Waals surface area contributed by atoms with Crippen LogP contribution in [-0.2, 0) is 24.1 Å². The van der Waals surface area contributed by atoms with Crippen molar-refractivity contribution in [1.29, 1.82) is 5.26 Å². The molecule has 7 heteroatoms. The molecule has 3 aromatic rings. The molecule has 0 radical (unpaired) electrons. The van der Waals surface area contributed by atoms with Crippen LogP contribution in [0.15, 0.2) is 36.4 Å². The topological polar surface area (TPSA) is 119 Å². The zero-order valence-corrected chi connectivity index (χ0v) is 18.7. The highest BCUT2D eigenvalue weighted by molar-refractivity contribution is 7.17. The van der Waals surface area contributed by atoms with E-state index in [1.165, 1.54) is 23.1 Å². The molecule has 0 atom stereocenters. The van der Waals surface area contributed by atoms with Gasteiger partial charge < -0.3 is 11.5 Å². The van der Waals surface area contributed by atoms with Gasteiger partial charge in [-0.25, -0.2) is 0 Å². The van der Waals surface area contributed by atoms with E-state index in [0.717, 1.165) is 46.0 Å². The predicted molar refractivity (Wildman–Crippen MR) is 124 cm³/mol. The Balaban J connectivity index is 0.000000491. The average molecular weight is 434 g/mol. The Kier molecular flexibility index (Phi) is 7.50. The van der Waals surface area contributed by atoms with Crippen molar-refractivity contribution in [3.8, 4) is 27.2 Å². The largest absolute Gasteiger partial charge is 0.369 e. The van der Waals surface area contributed by atoms with Crippen molar-refractivity contribution in [2.75, 3.05) is 6.54 Å². The third-order valence-corrected chi connectivity index (χ3v) is 6.11. The smallest absolute Gasteiger partial charge is 0.231 e.